The Morgan fingerprint density at radius 2 is 2.19 bits per heavy atom. The second kappa shape index (κ2) is 4.93. The van der Waals surface area contributed by atoms with Gasteiger partial charge in [-0.25, -0.2) is 9.37 Å². The predicted octanol–water partition coefficient (Wildman–Crippen LogP) is 1.87. The molecule has 1 N–H and O–H groups in total. The molecule has 0 aliphatic heterocycles. The number of nitrogens with zero attached hydrogens (tertiary/aromatic N) is 3. The fraction of sp³-hybridized carbons (Fsp3) is 0.600. The van der Waals surface area contributed by atoms with E-state index in [-0.39, 0.29) is 17.6 Å². The van der Waals surface area contributed by atoms with E-state index in [9.17, 15) is 9.50 Å². The standard InChI is InChI=1S/C10H15ClFN3O/c1-4-15(6-10(2,3)16)8-7(12)5-13-9(11)14-8/h5,16H,4,6H2,1-3H3. The summed E-state index contributed by atoms with van der Waals surface area (Å²) in [4.78, 5) is 8.98. The minimum Gasteiger partial charge on any atom is -0.389 e. The molecule has 1 aromatic heterocycles. The highest BCUT2D eigenvalue weighted by Gasteiger charge is 2.21. The summed E-state index contributed by atoms with van der Waals surface area (Å²) in [5, 5.41) is 9.69. The van der Waals surface area contributed by atoms with Crippen molar-refractivity contribution in [2.24, 2.45) is 0 Å². The number of rotatable bonds is 4. The smallest absolute Gasteiger partial charge is 0.224 e. The minimum absolute atomic E-state index is 0.00871. The van der Waals surface area contributed by atoms with Gasteiger partial charge in [-0.15, -0.1) is 0 Å². The first-order valence-corrected chi connectivity index (χ1v) is 5.36. The van der Waals surface area contributed by atoms with Crippen molar-refractivity contribution in [3.8, 4) is 0 Å². The molecule has 0 amide bonds. The Bertz CT molecular complexity index is 368. The highest BCUT2D eigenvalue weighted by molar-refractivity contribution is 6.28. The van der Waals surface area contributed by atoms with Gasteiger partial charge in [0.15, 0.2) is 11.6 Å². The van der Waals surface area contributed by atoms with Crippen LogP contribution in [0.2, 0.25) is 5.28 Å². The number of hydrogen-bond acceptors (Lipinski definition) is 4. The number of halogens is 2. The molecule has 0 radical (unpaired) electrons. The largest absolute Gasteiger partial charge is 0.389 e. The summed E-state index contributed by atoms with van der Waals surface area (Å²) in [6, 6.07) is 0. The Kier molecular flexibility index (Phi) is 4.04. The fourth-order valence-corrected chi connectivity index (χ4v) is 1.49. The lowest BCUT2D eigenvalue weighted by Crippen LogP contribution is -2.39. The minimum atomic E-state index is -0.931. The molecule has 16 heavy (non-hydrogen) atoms. The van der Waals surface area contributed by atoms with Crippen molar-refractivity contribution in [1.82, 2.24) is 9.97 Å². The number of hydrogen-bond donors (Lipinski definition) is 1. The second-order valence-corrected chi connectivity index (χ2v) is 4.48. The number of aromatic nitrogens is 2. The molecular formula is C10H15ClFN3O. The number of likely N-dealkylation sites (N-methyl/N-ethyl adjacent to an activating group) is 1. The van der Waals surface area contributed by atoms with Gasteiger partial charge in [0.25, 0.3) is 0 Å². The van der Waals surface area contributed by atoms with Crippen LogP contribution in [-0.4, -0.2) is 33.8 Å². The molecule has 0 saturated carbocycles. The third-order valence-corrected chi connectivity index (χ3v) is 2.14. The van der Waals surface area contributed by atoms with Crippen molar-refractivity contribution in [2.45, 2.75) is 26.4 Å². The van der Waals surface area contributed by atoms with Crippen LogP contribution in [0.4, 0.5) is 10.2 Å². The van der Waals surface area contributed by atoms with Crippen molar-refractivity contribution in [1.29, 1.82) is 0 Å². The van der Waals surface area contributed by atoms with E-state index in [1.54, 1.807) is 18.7 Å². The van der Waals surface area contributed by atoms with Crippen LogP contribution in [0.15, 0.2) is 6.20 Å². The maximum absolute atomic E-state index is 13.5. The van der Waals surface area contributed by atoms with Gasteiger partial charge in [0.2, 0.25) is 5.28 Å². The summed E-state index contributed by atoms with van der Waals surface area (Å²) in [6.07, 6.45) is 1.03. The third-order valence-electron chi connectivity index (χ3n) is 1.96. The van der Waals surface area contributed by atoms with Gasteiger partial charge in [0.1, 0.15) is 0 Å². The monoisotopic (exact) mass is 247 g/mol. The molecule has 1 rings (SSSR count). The molecule has 0 fully saturated rings. The lowest BCUT2D eigenvalue weighted by atomic mass is 10.1. The lowest BCUT2D eigenvalue weighted by molar-refractivity contribution is 0.0872. The molecule has 1 aromatic rings. The molecule has 0 atom stereocenters. The Morgan fingerprint density at radius 1 is 1.56 bits per heavy atom. The molecular weight excluding hydrogens is 233 g/mol. The normalized spacial score (nSPS) is 11.6. The molecule has 0 saturated heterocycles. The van der Waals surface area contributed by atoms with E-state index >= 15 is 0 Å². The van der Waals surface area contributed by atoms with Crippen LogP contribution in [0.3, 0.4) is 0 Å². The van der Waals surface area contributed by atoms with Crippen molar-refractivity contribution < 1.29 is 9.50 Å². The second-order valence-electron chi connectivity index (χ2n) is 4.14. The molecule has 0 aromatic carbocycles. The lowest BCUT2D eigenvalue weighted by Gasteiger charge is -2.28. The summed E-state index contributed by atoms with van der Waals surface area (Å²) >= 11 is 5.61. The van der Waals surface area contributed by atoms with Crippen LogP contribution in [0.5, 0.6) is 0 Å². The molecule has 0 spiro atoms. The number of anilines is 1. The first-order valence-electron chi connectivity index (χ1n) is 4.99. The van der Waals surface area contributed by atoms with Crippen LogP contribution in [0, 0.1) is 5.82 Å². The molecule has 0 bridgehead atoms. The van der Waals surface area contributed by atoms with E-state index in [0.29, 0.717) is 6.54 Å². The fourth-order valence-electron chi connectivity index (χ4n) is 1.36. The van der Waals surface area contributed by atoms with Gasteiger partial charge < -0.3 is 10.0 Å². The van der Waals surface area contributed by atoms with E-state index in [2.05, 4.69) is 9.97 Å². The maximum Gasteiger partial charge on any atom is 0.224 e. The molecule has 6 heteroatoms. The first-order chi connectivity index (χ1) is 7.33. The van der Waals surface area contributed by atoms with Gasteiger partial charge in [-0.3, -0.25) is 0 Å². The van der Waals surface area contributed by atoms with Crippen molar-refractivity contribution in [2.75, 3.05) is 18.0 Å². The zero-order valence-electron chi connectivity index (χ0n) is 9.54. The Hall–Kier alpha value is -0.940. The van der Waals surface area contributed by atoms with Gasteiger partial charge in [-0.1, -0.05) is 0 Å². The Morgan fingerprint density at radius 3 is 2.69 bits per heavy atom. The van der Waals surface area contributed by atoms with Gasteiger partial charge in [-0.2, -0.15) is 4.98 Å². The first kappa shape index (κ1) is 13.1. The van der Waals surface area contributed by atoms with Gasteiger partial charge >= 0.3 is 0 Å². The average molecular weight is 248 g/mol. The summed E-state index contributed by atoms with van der Waals surface area (Å²) in [7, 11) is 0. The highest BCUT2D eigenvalue weighted by Crippen LogP contribution is 2.19. The van der Waals surface area contributed by atoms with Crippen LogP contribution in [-0.2, 0) is 0 Å². The van der Waals surface area contributed by atoms with E-state index in [0.717, 1.165) is 6.20 Å². The molecule has 1 heterocycles. The Balaban J connectivity index is 2.99. The van der Waals surface area contributed by atoms with Crippen LogP contribution >= 0.6 is 11.6 Å². The van der Waals surface area contributed by atoms with E-state index < -0.39 is 11.4 Å². The molecule has 0 aliphatic carbocycles. The topological polar surface area (TPSA) is 49.2 Å². The molecule has 90 valence electrons. The number of aliphatic hydroxyl groups is 1. The van der Waals surface area contributed by atoms with E-state index in [4.69, 9.17) is 11.6 Å². The molecule has 0 aliphatic rings. The summed E-state index contributed by atoms with van der Waals surface area (Å²) in [6.45, 7) is 5.94. The quantitative estimate of drug-likeness (QED) is 0.826. The predicted molar refractivity (Wildman–Crippen MR) is 61.2 cm³/mol. The summed E-state index contributed by atoms with van der Waals surface area (Å²) < 4.78 is 13.5. The van der Waals surface area contributed by atoms with Gasteiger partial charge in [-0.05, 0) is 32.4 Å². The van der Waals surface area contributed by atoms with Gasteiger partial charge in [0, 0.05) is 13.1 Å². The molecule has 0 unspecified atom stereocenters. The maximum atomic E-state index is 13.5. The zero-order valence-corrected chi connectivity index (χ0v) is 10.3. The van der Waals surface area contributed by atoms with Crippen LogP contribution in [0.1, 0.15) is 20.8 Å². The van der Waals surface area contributed by atoms with Crippen molar-refractivity contribution in [3.63, 3.8) is 0 Å². The summed E-state index contributed by atoms with van der Waals surface area (Å²) in [5.74, 6) is -0.430. The SMILES string of the molecule is CCN(CC(C)(C)O)c1nc(Cl)ncc1F. The Labute approximate surface area is 99.1 Å². The van der Waals surface area contributed by atoms with Crippen LogP contribution in [0.25, 0.3) is 0 Å². The van der Waals surface area contributed by atoms with E-state index in [1.165, 1.54) is 0 Å². The average Bonchev–Trinajstić information content (AvgIpc) is 2.17. The van der Waals surface area contributed by atoms with Gasteiger partial charge in [0.05, 0.1) is 11.8 Å². The zero-order chi connectivity index (χ0) is 12.3. The molecule has 4 nitrogen and oxygen atoms in total. The van der Waals surface area contributed by atoms with Crippen molar-refractivity contribution >= 4 is 17.4 Å². The van der Waals surface area contributed by atoms with Crippen LogP contribution < -0.4 is 4.90 Å². The van der Waals surface area contributed by atoms with Crippen molar-refractivity contribution in [3.05, 3.63) is 17.3 Å². The third kappa shape index (κ3) is 3.57. The highest BCUT2D eigenvalue weighted by atomic mass is 35.5. The van der Waals surface area contributed by atoms with E-state index in [1.807, 2.05) is 6.92 Å². The summed E-state index contributed by atoms with van der Waals surface area (Å²) in [5.41, 5.74) is -0.931.